The van der Waals surface area contributed by atoms with Gasteiger partial charge < -0.3 is 5.11 Å². The fraction of sp³-hybridized carbons (Fsp3) is 0.235. The van der Waals surface area contributed by atoms with Crippen molar-refractivity contribution in [2.75, 3.05) is 0 Å². The first kappa shape index (κ1) is 14.4. The van der Waals surface area contributed by atoms with Crippen LogP contribution in [-0.2, 0) is 14.4 Å². The van der Waals surface area contributed by atoms with Gasteiger partial charge in [-0.2, -0.15) is 0 Å². The summed E-state index contributed by atoms with van der Waals surface area (Å²) in [5.41, 5.74) is -0.598. The third kappa shape index (κ3) is 2.51. The predicted molar refractivity (Wildman–Crippen MR) is 79.4 cm³/mol. The van der Waals surface area contributed by atoms with Gasteiger partial charge in [0.2, 0.25) is 5.91 Å². The van der Waals surface area contributed by atoms with Crippen molar-refractivity contribution < 1.29 is 19.5 Å². The van der Waals surface area contributed by atoms with Gasteiger partial charge in [0.25, 0.3) is 5.91 Å². The Kier molecular flexibility index (Phi) is 3.50. The number of benzene rings is 1. The molecule has 0 spiro atoms. The molecule has 5 nitrogen and oxygen atoms in total. The number of nitrogens with zero attached hydrogens (tertiary/aromatic N) is 1. The van der Waals surface area contributed by atoms with Crippen LogP contribution in [0.1, 0.15) is 18.4 Å². The van der Waals surface area contributed by atoms with Gasteiger partial charge in [0.15, 0.2) is 5.78 Å². The Labute approximate surface area is 127 Å². The lowest BCUT2D eigenvalue weighted by Gasteiger charge is -2.31. The van der Waals surface area contributed by atoms with Gasteiger partial charge in [-0.3, -0.25) is 19.3 Å². The molecule has 1 aromatic carbocycles. The average molecular weight is 297 g/mol. The van der Waals surface area contributed by atoms with Gasteiger partial charge in [-0.25, -0.2) is 0 Å². The maximum absolute atomic E-state index is 12.3. The Morgan fingerprint density at radius 2 is 2.00 bits per heavy atom. The molecule has 3 rings (SSSR count). The van der Waals surface area contributed by atoms with E-state index in [0.717, 1.165) is 10.5 Å². The third-order valence-electron chi connectivity index (χ3n) is 4.00. The number of rotatable bonds is 2. The highest BCUT2D eigenvalue weighted by Gasteiger charge is 2.53. The van der Waals surface area contributed by atoms with Crippen molar-refractivity contribution in [1.82, 2.24) is 4.90 Å². The molecule has 1 fully saturated rings. The summed E-state index contributed by atoms with van der Waals surface area (Å²) in [7, 11) is 0. The van der Waals surface area contributed by atoms with Crippen LogP contribution in [-0.4, -0.2) is 39.2 Å². The molecule has 2 amide bonds. The Morgan fingerprint density at radius 3 is 2.73 bits per heavy atom. The number of fused-ring (bicyclic) bond motifs is 1. The number of amides is 2. The lowest BCUT2D eigenvalue weighted by atomic mass is 9.86. The van der Waals surface area contributed by atoms with Crippen molar-refractivity contribution in [2.45, 2.75) is 24.5 Å². The molecule has 0 unspecified atom stereocenters. The van der Waals surface area contributed by atoms with Crippen molar-refractivity contribution in [3.63, 3.8) is 0 Å². The Bertz CT molecular complexity index is 692. The Balaban J connectivity index is 1.83. The molecule has 0 saturated carbocycles. The van der Waals surface area contributed by atoms with Crippen LogP contribution in [0.25, 0.3) is 6.08 Å². The lowest BCUT2D eigenvalue weighted by Crippen LogP contribution is -2.48. The SMILES string of the molecule is O=C1C=C[C@]2(O)CC(=O)N(C(=O)C=Cc3ccccc3)[C@H]2C1. The minimum absolute atomic E-state index is 0.0380. The minimum atomic E-state index is -1.43. The topological polar surface area (TPSA) is 74.7 Å². The molecule has 1 aliphatic carbocycles. The van der Waals surface area contributed by atoms with Gasteiger partial charge in [-0.15, -0.1) is 0 Å². The summed E-state index contributed by atoms with van der Waals surface area (Å²) in [4.78, 5) is 36.9. The van der Waals surface area contributed by atoms with E-state index < -0.39 is 23.5 Å². The van der Waals surface area contributed by atoms with E-state index in [4.69, 9.17) is 0 Å². The number of allylic oxidation sites excluding steroid dienone is 1. The summed E-state index contributed by atoms with van der Waals surface area (Å²) in [5.74, 6) is -1.18. The fourth-order valence-electron chi connectivity index (χ4n) is 2.86. The largest absolute Gasteiger partial charge is 0.383 e. The van der Waals surface area contributed by atoms with Gasteiger partial charge in [-0.1, -0.05) is 30.3 Å². The molecule has 5 heteroatoms. The standard InChI is InChI=1S/C17H15NO4/c19-13-8-9-17(22)11-16(21)18(14(17)10-13)15(20)7-6-12-4-2-1-3-5-12/h1-9,14,22H,10-11H2/t14-,17-/m0/s1. The highest BCUT2D eigenvalue weighted by atomic mass is 16.3. The highest BCUT2D eigenvalue weighted by molar-refractivity contribution is 6.06. The summed E-state index contributed by atoms with van der Waals surface area (Å²) in [6, 6.07) is 8.40. The van der Waals surface area contributed by atoms with E-state index in [1.807, 2.05) is 30.3 Å². The van der Waals surface area contributed by atoms with Crippen LogP contribution in [0.2, 0.25) is 0 Å². The summed E-state index contributed by atoms with van der Waals surface area (Å²) in [5, 5.41) is 10.4. The zero-order chi connectivity index (χ0) is 15.7. The first-order valence-corrected chi connectivity index (χ1v) is 7.03. The van der Waals surface area contributed by atoms with Crippen molar-refractivity contribution in [3.05, 3.63) is 54.1 Å². The average Bonchev–Trinajstić information content (AvgIpc) is 2.76. The van der Waals surface area contributed by atoms with Crippen molar-refractivity contribution in [2.24, 2.45) is 0 Å². The molecule has 1 aliphatic heterocycles. The maximum atomic E-state index is 12.3. The van der Waals surface area contributed by atoms with Crippen LogP contribution in [0.15, 0.2) is 48.6 Å². The zero-order valence-corrected chi connectivity index (χ0v) is 11.8. The smallest absolute Gasteiger partial charge is 0.253 e. The Hall–Kier alpha value is -2.53. The van der Waals surface area contributed by atoms with Gasteiger partial charge in [0, 0.05) is 12.5 Å². The van der Waals surface area contributed by atoms with E-state index in [9.17, 15) is 19.5 Å². The number of likely N-dealkylation sites (tertiary alicyclic amines) is 1. The van der Waals surface area contributed by atoms with E-state index in [1.54, 1.807) is 6.08 Å². The summed E-state index contributed by atoms with van der Waals surface area (Å²) < 4.78 is 0. The molecule has 0 bridgehead atoms. The molecule has 1 aromatic rings. The quantitative estimate of drug-likeness (QED) is 0.829. The molecular weight excluding hydrogens is 282 g/mol. The summed E-state index contributed by atoms with van der Waals surface area (Å²) in [6.07, 6.45) is 5.29. The second kappa shape index (κ2) is 5.35. The molecule has 1 heterocycles. The van der Waals surface area contributed by atoms with E-state index in [2.05, 4.69) is 0 Å². The third-order valence-corrected chi connectivity index (χ3v) is 4.00. The molecule has 112 valence electrons. The molecule has 0 aromatic heterocycles. The van der Waals surface area contributed by atoms with Crippen LogP contribution >= 0.6 is 0 Å². The van der Waals surface area contributed by atoms with Crippen LogP contribution in [0.4, 0.5) is 0 Å². The number of ketones is 1. The highest BCUT2D eigenvalue weighted by Crippen LogP contribution is 2.36. The number of aliphatic hydroxyl groups is 1. The first-order chi connectivity index (χ1) is 10.5. The van der Waals surface area contributed by atoms with E-state index in [0.29, 0.717) is 0 Å². The number of hydrogen-bond acceptors (Lipinski definition) is 4. The number of carbonyl (C=O) groups is 3. The molecule has 2 atom stereocenters. The molecule has 2 aliphatic rings. The van der Waals surface area contributed by atoms with Crippen molar-refractivity contribution in [1.29, 1.82) is 0 Å². The molecule has 22 heavy (non-hydrogen) atoms. The van der Waals surface area contributed by atoms with Crippen molar-refractivity contribution in [3.8, 4) is 0 Å². The van der Waals surface area contributed by atoms with Gasteiger partial charge in [-0.05, 0) is 23.8 Å². The van der Waals surface area contributed by atoms with Crippen LogP contribution in [0.5, 0.6) is 0 Å². The van der Waals surface area contributed by atoms with Crippen molar-refractivity contribution >= 4 is 23.7 Å². The number of carbonyl (C=O) groups excluding carboxylic acids is 3. The second-order valence-corrected chi connectivity index (χ2v) is 5.53. The van der Waals surface area contributed by atoms with Crippen LogP contribution < -0.4 is 0 Å². The van der Waals surface area contributed by atoms with Gasteiger partial charge in [0.05, 0.1) is 12.5 Å². The van der Waals surface area contributed by atoms with Crippen LogP contribution in [0, 0.1) is 0 Å². The Morgan fingerprint density at radius 1 is 1.27 bits per heavy atom. The van der Waals surface area contributed by atoms with E-state index in [1.165, 1.54) is 18.2 Å². The maximum Gasteiger partial charge on any atom is 0.253 e. The molecule has 0 radical (unpaired) electrons. The lowest BCUT2D eigenvalue weighted by molar-refractivity contribution is -0.141. The van der Waals surface area contributed by atoms with Gasteiger partial charge >= 0.3 is 0 Å². The first-order valence-electron chi connectivity index (χ1n) is 7.03. The summed E-state index contributed by atoms with van der Waals surface area (Å²) >= 11 is 0. The monoisotopic (exact) mass is 297 g/mol. The number of hydrogen-bond donors (Lipinski definition) is 1. The minimum Gasteiger partial charge on any atom is -0.383 e. The van der Waals surface area contributed by atoms with Gasteiger partial charge in [0.1, 0.15) is 5.60 Å². The molecule has 1 saturated heterocycles. The summed E-state index contributed by atoms with van der Waals surface area (Å²) in [6.45, 7) is 0. The predicted octanol–water partition coefficient (Wildman–Crippen LogP) is 1.09. The fourth-order valence-corrected chi connectivity index (χ4v) is 2.86. The second-order valence-electron chi connectivity index (χ2n) is 5.53. The van der Waals surface area contributed by atoms with E-state index >= 15 is 0 Å². The molecular formula is C17H15NO4. The molecule has 1 N–H and O–H groups in total. The number of imide groups is 1. The van der Waals surface area contributed by atoms with Crippen LogP contribution in [0.3, 0.4) is 0 Å². The zero-order valence-electron chi connectivity index (χ0n) is 11.8. The normalized spacial score (nSPS) is 27.5. The van der Waals surface area contributed by atoms with E-state index in [-0.39, 0.29) is 18.6 Å².